The minimum absolute atomic E-state index is 0.584. The molecular formula is C12H22O3. The molecule has 1 aliphatic heterocycles. The molecule has 1 aliphatic carbocycles. The summed E-state index contributed by atoms with van der Waals surface area (Å²) >= 11 is 0. The zero-order valence-corrected chi connectivity index (χ0v) is 9.61. The molecule has 0 spiro atoms. The summed E-state index contributed by atoms with van der Waals surface area (Å²) in [6, 6.07) is 0. The summed E-state index contributed by atoms with van der Waals surface area (Å²) in [5.74, 6) is 0.746. The molecule has 2 aliphatic rings. The summed E-state index contributed by atoms with van der Waals surface area (Å²) in [7, 11) is 1.74. The fraction of sp³-hybridized carbons (Fsp3) is 1.00. The highest BCUT2D eigenvalue weighted by Gasteiger charge is 2.43. The predicted molar refractivity (Wildman–Crippen MR) is 57.9 cm³/mol. The highest BCUT2D eigenvalue weighted by Crippen LogP contribution is 2.39. The number of methoxy groups -OCH3 is 1. The van der Waals surface area contributed by atoms with Gasteiger partial charge in [0.25, 0.3) is 0 Å². The number of rotatable bonds is 7. The summed E-state index contributed by atoms with van der Waals surface area (Å²) in [6.45, 7) is 2.67. The van der Waals surface area contributed by atoms with Gasteiger partial charge in [0.1, 0.15) is 0 Å². The zero-order valence-electron chi connectivity index (χ0n) is 9.61. The van der Waals surface area contributed by atoms with Crippen LogP contribution in [0.4, 0.5) is 0 Å². The van der Waals surface area contributed by atoms with Gasteiger partial charge in [-0.25, -0.2) is 0 Å². The fourth-order valence-electron chi connectivity index (χ4n) is 2.34. The van der Waals surface area contributed by atoms with Crippen molar-refractivity contribution < 1.29 is 14.2 Å². The summed E-state index contributed by atoms with van der Waals surface area (Å²) in [5, 5.41) is 0. The lowest BCUT2D eigenvalue weighted by atomic mass is 9.90. The Balaban J connectivity index is 1.43. The van der Waals surface area contributed by atoms with Crippen molar-refractivity contribution in [3.8, 4) is 0 Å². The summed E-state index contributed by atoms with van der Waals surface area (Å²) in [4.78, 5) is 0. The maximum atomic E-state index is 5.68. The van der Waals surface area contributed by atoms with Gasteiger partial charge in [-0.05, 0) is 38.0 Å². The number of ether oxygens (including phenoxy) is 3. The Bertz CT molecular complexity index is 184. The average molecular weight is 214 g/mol. The van der Waals surface area contributed by atoms with Gasteiger partial charge in [0, 0.05) is 26.9 Å². The molecule has 0 radical (unpaired) electrons. The van der Waals surface area contributed by atoms with Gasteiger partial charge in [0.15, 0.2) is 0 Å². The average Bonchev–Trinajstić information content (AvgIpc) is 3.01. The molecule has 3 heteroatoms. The third-order valence-electron chi connectivity index (χ3n) is 3.35. The van der Waals surface area contributed by atoms with E-state index in [1.54, 1.807) is 7.11 Å². The first kappa shape index (κ1) is 11.4. The highest BCUT2D eigenvalue weighted by molar-refractivity contribution is 4.91. The SMILES string of the molecule is COCCCCOCC1CCC2OC2C1. The molecule has 2 fully saturated rings. The van der Waals surface area contributed by atoms with Crippen LogP contribution in [0.2, 0.25) is 0 Å². The molecule has 0 aromatic carbocycles. The van der Waals surface area contributed by atoms with E-state index in [4.69, 9.17) is 14.2 Å². The molecular weight excluding hydrogens is 192 g/mol. The first-order chi connectivity index (χ1) is 7.40. The van der Waals surface area contributed by atoms with Crippen LogP contribution in [0.25, 0.3) is 0 Å². The fourth-order valence-corrected chi connectivity index (χ4v) is 2.34. The van der Waals surface area contributed by atoms with Gasteiger partial charge >= 0.3 is 0 Å². The molecule has 1 saturated carbocycles. The van der Waals surface area contributed by atoms with E-state index in [1.165, 1.54) is 19.3 Å². The Hall–Kier alpha value is -0.120. The van der Waals surface area contributed by atoms with E-state index in [0.717, 1.165) is 38.6 Å². The summed E-state index contributed by atoms with van der Waals surface area (Å²) in [6.07, 6.45) is 7.19. The van der Waals surface area contributed by atoms with Crippen molar-refractivity contribution >= 4 is 0 Å². The topological polar surface area (TPSA) is 31.0 Å². The Morgan fingerprint density at radius 1 is 1.13 bits per heavy atom. The maximum absolute atomic E-state index is 5.68. The van der Waals surface area contributed by atoms with E-state index in [9.17, 15) is 0 Å². The normalized spacial score (nSPS) is 33.8. The van der Waals surface area contributed by atoms with Crippen LogP contribution in [0.5, 0.6) is 0 Å². The van der Waals surface area contributed by atoms with Crippen molar-refractivity contribution in [1.82, 2.24) is 0 Å². The second-order valence-electron chi connectivity index (χ2n) is 4.67. The first-order valence-electron chi connectivity index (χ1n) is 6.12. The molecule has 0 N–H and O–H groups in total. The molecule has 1 heterocycles. The molecule has 0 amide bonds. The van der Waals surface area contributed by atoms with Gasteiger partial charge in [-0.3, -0.25) is 0 Å². The van der Waals surface area contributed by atoms with Crippen molar-refractivity contribution in [3.05, 3.63) is 0 Å². The van der Waals surface area contributed by atoms with E-state index in [-0.39, 0.29) is 0 Å². The lowest BCUT2D eigenvalue weighted by molar-refractivity contribution is 0.0804. The lowest BCUT2D eigenvalue weighted by Gasteiger charge is -2.18. The van der Waals surface area contributed by atoms with Crippen LogP contribution in [0.15, 0.2) is 0 Å². The standard InChI is InChI=1S/C12H22O3/c1-13-6-2-3-7-14-9-10-4-5-11-12(8-10)15-11/h10-12H,2-9H2,1H3. The van der Waals surface area contributed by atoms with Crippen LogP contribution in [-0.2, 0) is 14.2 Å². The lowest BCUT2D eigenvalue weighted by Crippen LogP contribution is -2.18. The van der Waals surface area contributed by atoms with Crippen LogP contribution in [0.3, 0.4) is 0 Å². The second-order valence-corrected chi connectivity index (χ2v) is 4.67. The van der Waals surface area contributed by atoms with Crippen LogP contribution < -0.4 is 0 Å². The minimum atomic E-state index is 0.584. The largest absolute Gasteiger partial charge is 0.385 e. The first-order valence-corrected chi connectivity index (χ1v) is 6.12. The highest BCUT2D eigenvalue weighted by atomic mass is 16.6. The van der Waals surface area contributed by atoms with E-state index in [2.05, 4.69) is 0 Å². The van der Waals surface area contributed by atoms with Crippen molar-refractivity contribution in [2.45, 2.75) is 44.3 Å². The number of hydrogen-bond acceptors (Lipinski definition) is 3. The monoisotopic (exact) mass is 214 g/mol. The van der Waals surface area contributed by atoms with Crippen LogP contribution >= 0.6 is 0 Å². The second kappa shape index (κ2) is 5.83. The molecule has 0 aromatic rings. The van der Waals surface area contributed by atoms with Crippen molar-refractivity contribution in [3.63, 3.8) is 0 Å². The van der Waals surface area contributed by atoms with E-state index in [0.29, 0.717) is 12.2 Å². The third-order valence-corrected chi connectivity index (χ3v) is 3.35. The van der Waals surface area contributed by atoms with Crippen molar-refractivity contribution in [2.75, 3.05) is 26.9 Å². The van der Waals surface area contributed by atoms with E-state index >= 15 is 0 Å². The molecule has 3 atom stereocenters. The molecule has 3 nitrogen and oxygen atoms in total. The van der Waals surface area contributed by atoms with Crippen molar-refractivity contribution in [2.24, 2.45) is 5.92 Å². The molecule has 0 bridgehead atoms. The van der Waals surface area contributed by atoms with Crippen LogP contribution in [0.1, 0.15) is 32.1 Å². The van der Waals surface area contributed by atoms with Gasteiger partial charge in [-0.2, -0.15) is 0 Å². The van der Waals surface area contributed by atoms with Gasteiger partial charge in [0.2, 0.25) is 0 Å². The Morgan fingerprint density at radius 2 is 2.00 bits per heavy atom. The molecule has 1 saturated heterocycles. The smallest absolute Gasteiger partial charge is 0.0845 e. The summed E-state index contributed by atoms with van der Waals surface area (Å²) < 4.78 is 16.2. The van der Waals surface area contributed by atoms with Gasteiger partial charge < -0.3 is 14.2 Å². The number of hydrogen-bond donors (Lipinski definition) is 0. The Kier molecular flexibility index (Phi) is 4.42. The van der Waals surface area contributed by atoms with Crippen molar-refractivity contribution in [1.29, 1.82) is 0 Å². The summed E-state index contributed by atoms with van der Waals surface area (Å²) in [5.41, 5.74) is 0. The molecule has 15 heavy (non-hydrogen) atoms. The van der Waals surface area contributed by atoms with Gasteiger partial charge in [-0.15, -0.1) is 0 Å². The Morgan fingerprint density at radius 3 is 2.80 bits per heavy atom. The van der Waals surface area contributed by atoms with E-state index in [1.807, 2.05) is 0 Å². The zero-order chi connectivity index (χ0) is 10.5. The maximum Gasteiger partial charge on any atom is 0.0845 e. The molecule has 3 unspecified atom stereocenters. The molecule has 88 valence electrons. The predicted octanol–water partition coefficient (Wildman–Crippen LogP) is 2.00. The minimum Gasteiger partial charge on any atom is -0.385 e. The van der Waals surface area contributed by atoms with Crippen LogP contribution in [-0.4, -0.2) is 39.1 Å². The van der Waals surface area contributed by atoms with Gasteiger partial charge in [-0.1, -0.05) is 0 Å². The van der Waals surface area contributed by atoms with Crippen LogP contribution in [0, 0.1) is 5.92 Å². The molecule has 2 rings (SSSR count). The third kappa shape index (κ3) is 3.74. The quantitative estimate of drug-likeness (QED) is 0.480. The van der Waals surface area contributed by atoms with Gasteiger partial charge in [0.05, 0.1) is 12.2 Å². The number of unbranched alkanes of at least 4 members (excludes halogenated alkanes) is 1. The van der Waals surface area contributed by atoms with E-state index < -0.39 is 0 Å². The number of fused-ring (bicyclic) bond motifs is 1. The molecule has 0 aromatic heterocycles. The Labute approximate surface area is 92.1 Å². The number of epoxide rings is 1.